The average Bonchev–Trinajstić information content (AvgIpc) is 2.37. The number of hydrogen-bond donors (Lipinski definition) is 1. The Labute approximate surface area is 127 Å². The molecule has 1 atom stereocenters. The first-order valence-corrected chi connectivity index (χ1v) is 6.81. The maximum atomic E-state index is 13.4. The van der Waals surface area contributed by atoms with Gasteiger partial charge in [-0.3, -0.25) is 0 Å². The lowest BCUT2D eigenvalue weighted by atomic mass is 10.1. The van der Waals surface area contributed by atoms with Crippen molar-refractivity contribution < 1.29 is 9.13 Å². The van der Waals surface area contributed by atoms with Gasteiger partial charge in [0.25, 0.3) is 0 Å². The Morgan fingerprint density at radius 3 is 2.35 bits per heavy atom. The predicted molar refractivity (Wildman–Crippen MR) is 81.5 cm³/mol. The average molecular weight is 314 g/mol. The second kappa shape index (κ2) is 6.33. The number of rotatable bonds is 4. The predicted octanol–water partition coefficient (Wildman–Crippen LogP) is 5.31. The summed E-state index contributed by atoms with van der Waals surface area (Å²) in [7, 11) is 1.44. The molecule has 0 heterocycles. The van der Waals surface area contributed by atoms with E-state index in [4.69, 9.17) is 27.9 Å². The summed E-state index contributed by atoms with van der Waals surface area (Å²) in [4.78, 5) is 0. The summed E-state index contributed by atoms with van der Waals surface area (Å²) in [6, 6.07) is 9.95. The molecule has 0 aliphatic carbocycles. The van der Waals surface area contributed by atoms with E-state index in [1.807, 2.05) is 6.92 Å². The Hall–Kier alpha value is -1.45. The normalized spacial score (nSPS) is 12.1. The molecule has 0 saturated carbocycles. The number of benzene rings is 2. The van der Waals surface area contributed by atoms with Crippen LogP contribution >= 0.6 is 23.2 Å². The van der Waals surface area contributed by atoms with Crippen molar-refractivity contribution in [2.45, 2.75) is 13.0 Å². The Bertz CT molecular complexity index is 599. The Kier molecular flexibility index (Phi) is 4.73. The van der Waals surface area contributed by atoms with Gasteiger partial charge in [-0.2, -0.15) is 0 Å². The lowest BCUT2D eigenvalue weighted by Gasteiger charge is -2.17. The summed E-state index contributed by atoms with van der Waals surface area (Å²) in [5.74, 6) is -0.158. The maximum Gasteiger partial charge on any atom is 0.165 e. The highest BCUT2D eigenvalue weighted by Crippen LogP contribution is 2.28. The van der Waals surface area contributed by atoms with E-state index in [9.17, 15) is 4.39 Å². The number of anilines is 1. The second-order valence-corrected chi connectivity index (χ2v) is 5.29. The molecule has 0 bridgehead atoms. The minimum atomic E-state index is -0.380. The van der Waals surface area contributed by atoms with Gasteiger partial charge in [0.2, 0.25) is 0 Å². The molecule has 0 amide bonds. The van der Waals surface area contributed by atoms with E-state index in [1.54, 1.807) is 30.3 Å². The number of halogens is 3. The lowest BCUT2D eigenvalue weighted by Crippen LogP contribution is -2.07. The SMILES string of the molecule is COc1cc(C(C)Nc2cc(Cl)cc(Cl)c2)ccc1F. The fraction of sp³-hybridized carbons (Fsp3) is 0.200. The van der Waals surface area contributed by atoms with E-state index < -0.39 is 0 Å². The third-order valence-electron chi connectivity index (χ3n) is 2.92. The number of nitrogens with one attached hydrogen (secondary N) is 1. The monoisotopic (exact) mass is 313 g/mol. The number of methoxy groups -OCH3 is 1. The van der Waals surface area contributed by atoms with Crippen LogP contribution in [-0.4, -0.2) is 7.11 Å². The minimum Gasteiger partial charge on any atom is -0.494 e. The third kappa shape index (κ3) is 3.56. The van der Waals surface area contributed by atoms with E-state index in [-0.39, 0.29) is 17.6 Å². The number of ether oxygens (including phenoxy) is 1. The summed E-state index contributed by atoms with van der Waals surface area (Å²) >= 11 is 11.9. The Balaban J connectivity index is 2.21. The van der Waals surface area contributed by atoms with Gasteiger partial charge < -0.3 is 10.1 Å². The van der Waals surface area contributed by atoms with Crippen LogP contribution < -0.4 is 10.1 Å². The minimum absolute atomic E-state index is 0.0426. The first-order valence-electron chi connectivity index (χ1n) is 6.05. The summed E-state index contributed by atoms with van der Waals surface area (Å²) in [6.07, 6.45) is 0. The fourth-order valence-electron chi connectivity index (χ4n) is 1.92. The molecule has 20 heavy (non-hydrogen) atoms. The van der Waals surface area contributed by atoms with Crippen LogP contribution in [-0.2, 0) is 0 Å². The van der Waals surface area contributed by atoms with Crippen LogP contribution in [0.2, 0.25) is 10.0 Å². The summed E-state index contributed by atoms with van der Waals surface area (Å²) in [6.45, 7) is 1.96. The van der Waals surface area contributed by atoms with Crippen molar-refractivity contribution in [1.29, 1.82) is 0 Å². The zero-order valence-electron chi connectivity index (χ0n) is 11.1. The van der Waals surface area contributed by atoms with Gasteiger partial charge in [0.15, 0.2) is 11.6 Å². The smallest absolute Gasteiger partial charge is 0.165 e. The Morgan fingerprint density at radius 2 is 1.75 bits per heavy atom. The molecule has 0 fully saturated rings. The van der Waals surface area contributed by atoms with Crippen LogP contribution in [0, 0.1) is 5.82 Å². The van der Waals surface area contributed by atoms with Crippen molar-refractivity contribution in [3.63, 3.8) is 0 Å². The van der Waals surface area contributed by atoms with E-state index >= 15 is 0 Å². The molecule has 0 saturated heterocycles. The van der Waals surface area contributed by atoms with Crippen LogP contribution in [0.25, 0.3) is 0 Å². The molecule has 0 aromatic heterocycles. The van der Waals surface area contributed by atoms with Crippen molar-refractivity contribution in [3.05, 3.63) is 57.8 Å². The molecule has 2 aromatic rings. The molecular weight excluding hydrogens is 300 g/mol. The van der Waals surface area contributed by atoms with Gasteiger partial charge >= 0.3 is 0 Å². The number of hydrogen-bond acceptors (Lipinski definition) is 2. The molecule has 0 aliphatic rings. The van der Waals surface area contributed by atoms with E-state index in [2.05, 4.69) is 5.32 Å². The van der Waals surface area contributed by atoms with E-state index in [0.717, 1.165) is 11.3 Å². The first-order chi connectivity index (χ1) is 9.49. The molecular formula is C15H14Cl2FNO. The fourth-order valence-corrected chi connectivity index (χ4v) is 2.44. The van der Waals surface area contributed by atoms with E-state index in [0.29, 0.717) is 10.0 Å². The molecule has 2 nitrogen and oxygen atoms in total. The van der Waals surface area contributed by atoms with E-state index in [1.165, 1.54) is 13.2 Å². The van der Waals surface area contributed by atoms with Crippen LogP contribution in [0.1, 0.15) is 18.5 Å². The molecule has 0 spiro atoms. The van der Waals surface area contributed by atoms with Crippen LogP contribution in [0.15, 0.2) is 36.4 Å². The zero-order valence-corrected chi connectivity index (χ0v) is 12.6. The van der Waals surface area contributed by atoms with Crippen molar-refractivity contribution in [3.8, 4) is 5.75 Å². The lowest BCUT2D eigenvalue weighted by molar-refractivity contribution is 0.385. The van der Waals surface area contributed by atoms with Gasteiger partial charge in [-0.25, -0.2) is 4.39 Å². The highest BCUT2D eigenvalue weighted by molar-refractivity contribution is 6.35. The Morgan fingerprint density at radius 1 is 1.10 bits per heavy atom. The molecule has 2 aromatic carbocycles. The van der Waals surface area contributed by atoms with Crippen LogP contribution in [0.3, 0.4) is 0 Å². The van der Waals surface area contributed by atoms with Gasteiger partial charge in [-0.15, -0.1) is 0 Å². The topological polar surface area (TPSA) is 21.3 Å². The van der Waals surface area contributed by atoms with Gasteiger partial charge in [0.1, 0.15) is 0 Å². The van der Waals surface area contributed by atoms with Gasteiger partial charge in [-0.1, -0.05) is 29.3 Å². The maximum absolute atomic E-state index is 13.4. The van der Waals surface area contributed by atoms with Crippen LogP contribution in [0.4, 0.5) is 10.1 Å². The summed E-state index contributed by atoms with van der Waals surface area (Å²) in [5.41, 5.74) is 1.71. The summed E-state index contributed by atoms with van der Waals surface area (Å²) in [5, 5.41) is 4.38. The zero-order chi connectivity index (χ0) is 14.7. The summed E-state index contributed by atoms with van der Waals surface area (Å²) < 4.78 is 18.4. The highest BCUT2D eigenvalue weighted by atomic mass is 35.5. The third-order valence-corrected chi connectivity index (χ3v) is 3.36. The van der Waals surface area contributed by atoms with Gasteiger partial charge in [0, 0.05) is 21.8 Å². The van der Waals surface area contributed by atoms with Crippen molar-refractivity contribution in [2.24, 2.45) is 0 Å². The molecule has 106 valence electrons. The van der Waals surface area contributed by atoms with Crippen molar-refractivity contribution in [1.82, 2.24) is 0 Å². The van der Waals surface area contributed by atoms with Crippen molar-refractivity contribution >= 4 is 28.9 Å². The highest BCUT2D eigenvalue weighted by Gasteiger charge is 2.10. The van der Waals surface area contributed by atoms with Gasteiger partial charge in [0.05, 0.1) is 7.11 Å². The second-order valence-electron chi connectivity index (χ2n) is 4.42. The quantitative estimate of drug-likeness (QED) is 0.825. The standard InChI is InChI=1S/C15H14Cl2FNO/c1-9(10-3-4-14(18)15(5-10)20-2)19-13-7-11(16)6-12(17)8-13/h3-9,19H,1-2H3. The van der Waals surface area contributed by atoms with Crippen LogP contribution in [0.5, 0.6) is 5.75 Å². The molecule has 2 rings (SSSR count). The van der Waals surface area contributed by atoms with Crippen molar-refractivity contribution in [2.75, 3.05) is 12.4 Å². The first kappa shape index (κ1) is 14.9. The molecule has 0 aliphatic heterocycles. The molecule has 1 N–H and O–H groups in total. The largest absolute Gasteiger partial charge is 0.494 e. The molecule has 1 unspecified atom stereocenters. The van der Waals surface area contributed by atoms with Gasteiger partial charge in [-0.05, 0) is 42.8 Å². The molecule has 5 heteroatoms. The molecule has 0 radical (unpaired) electrons.